The Hall–Kier alpha value is -1.84. The quantitative estimate of drug-likeness (QED) is 0.861. The Morgan fingerprint density at radius 1 is 1.17 bits per heavy atom. The molecule has 0 radical (unpaired) electrons. The van der Waals surface area contributed by atoms with Gasteiger partial charge in [-0.1, -0.05) is 26.0 Å². The van der Waals surface area contributed by atoms with E-state index >= 15 is 0 Å². The summed E-state index contributed by atoms with van der Waals surface area (Å²) in [6.45, 7) is 6.56. The van der Waals surface area contributed by atoms with Crippen LogP contribution in [0.1, 0.15) is 38.7 Å². The van der Waals surface area contributed by atoms with E-state index in [1.54, 1.807) is 4.90 Å². The monoisotopic (exact) mass is 314 g/mol. The molecule has 1 aromatic carbocycles. The third-order valence-electron chi connectivity index (χ3n) is 5.23. The maximum absolute atomic E-state index is 12.7. The second kappa shape index (κ2) is 6.73. The lowest BCUT2D eigenvalue weighted by Gasteiger charge is -2.32. The van der Waals surface area contributed by atoms with Gasteiger partial charge in [0.25, 0.3) is 0 Å². The Bertz CT molecular complexity index is 574. The van der Waals surface area contributed by atoms with Crippen molar-refractivity contribution in [2.45, 2.75) is 39.5 Å². The van der Waals surface area contributed by atoms with E-state index in [-0.39, 0.29) is 17.7 Å². The Morgan fingerprint density at radius 3 is 2.43 bits per heavy atom. The largest absolute Gasteiger partial charge is 0.342 e. The van der Waals surface area contributed by atoms with Gasteiger partial charge in [-0.05, 0) is 42.9 Å². The summed E-state index contributed by atoms with van der Waals surface area (Å²) in [6, 6.07) is 8.10. The molecular formula is C19H26N2O2. The van der Waals surface area contributed by atoms with Crippen LogP contribution >= 0.6 is 0 Å². The number of benzene rings is 1. The molecule has 0 aliphatic carbocycles. The first-order valence-electron chi connectivity index (χ1n) is 8.76. The fraction of sp³-hybridized carbons (Fsp3) is 0.579. The van der Waals surface area contributed by atoms with Crippen LogP contribution in [0.25, 0.3) is 0 Å². The van der Waals surface area contributed by atoms with Gasteiger partial charge in [0, 0.05) is 31.7 Å². The lowest BCUT2D eigenvalue weighted by molar-refractivity contribution is -0.137. The zero-order chi connectivity index (χ0) is 16.4. The Labute approximate surface area is 138 Å². The summed E-state index contributed by atoms with van der Waals surface area (Å²) in [5.41, 5.74) is 2.17. The predicted octanol–water partition coefficient (Wildman–Crippen LogP) is 2.86. The van der Waals surface area contributed by atoms with E-state index < -0.39 is 0 Å². The molecule has 0 saturated carbocycles. The molecule has 0 unspecified atom stereocenters. The second-order valence-corrected chi connectivity index (χ2v) is 6.93. The van der Waals surface area contributed by atoms with Crippen LogP contribution in [0.2, 0.25) is 0 Å². The van der Waals surface area contributed by atoms with Crippen LogP contribution in [0.5, 0.6) is 0 Å². The molecule has 1 aromatic rings. The van der Waals surface area contributed by atoms with Crippen molar-refractivity contribution in [2.75, 3.05) is 24.5 Å². The molecule has 2 amide bonds. The highest BCUT2D eigenvalue weighted by Gasteiger charge is 2.37. The molecule has 2 aliphatic rings. The first kappa shape index (κ1) is 16.0. The molecule has 0 aromatic heterocycles. The number of aryl methyl sites for hydroxylation is 1. The smallest absolute Gasteiger partial charge is 0.228 e. The molecule has 23 heavy (non-hydrogen) atoms. The van der Waals surface area contributed by atoms with Crippen molar-refractivity contribution in [2.24, 2.45) is 11.8 Å². The summed E-state index contributed by atoms with van der Waals surface area (Å²) in [6.07, 6.45) is 3.49. The number of rotatable bonds is 3. The van der Waals surface area contributed by atoms with Crippen LogP contribution in [0, 0.1) is 11.8 Å². The van der Waals surface area contributed by atoms with Crippen molar-refractivity contribution < 1.29 is 9.59 Å². The molecule has 0 spiro atoms. The van der Waals surface area contributed by atoms with E-state index in [0.29, 0.717) is 18.9 Å². The van der Waals surface area contributed by atoms with Crippen molar-refractivity contribution >= 4 is 17.5 Å². The van der Waals surface area contributed by atoms with Gasteiger partial charge in [0.2, 0.25) is 11.8 Å². The fourth-order valence-corrected chi connectivity index (χ4v) is 3.52. The number of carbonyl (C=O) groups is 2. The number of likely N-dealkylation sites (tertiary alicyclic amines) is 1. The van der Waals surface area contributed by atoms with E-state index in [1.165, 1.54) is 5.56 Å². The van der Waals surface area contributed by atoms with E-state index in [1.807, 2.05) is 17.0 Å². The lowest BCUT2D eigenvalue weighted by Crippen LogP contribution is -2.42. The number of nitrogens with zero attached hydrogens (tertiary/aromatic N) is 2. The Morgan fingerprint density at radius 2 is 1.83 bits per heavy atom. The average molecular weight is 314 g/mol. The summed E-state index contributed by atoms with van der Waals surface area (Å²) in [4.78, 5) is 28.7. The zero-order valence-corrected chi connectivity index (χ0v) is 14.1. The lowest BCUT2D eigenvalue weighted by atomic mass is 9.97. The molecule has 124 valence electrons. The van der Waals surface area contributed by atoms with E-state index in [2.05, 4.69) is 26.0 Å². The fourth-order valence-electron chi connectivity index (χ4n) is 3.52. The summed E-state index contributed by atoms with van der Waals surface area (Å²) >= 11 is 0. The maximum atomic E-state index is 12.7. The number of amides is 2. The van der Waals surface area contributed by atoms with Gasteiger partial charge in [0.1, 0.15) is 0 Å². The summed E-state index contributed by atoms with van der Waals surface area (Å²) in [7, 11) is 0. The standard InChI is InChI=1S/C19H26N2O2/c1-3-15-4-6-17(7-5-15)21-13-16(12-18(21)22)19(23)20-10-8-14(2)9-11-20/h4-7,14,16H,3,8-13H2,1-2H3/t16-/m1/s1. The molecule has 3 rings (SSSR count). The van der Waals surface area contributed by atoms with E-state index in [0.717, 1.165) is 38.0 Å². The highest BCUT2D eigenvalue weighted by atomic mass is 16.2. The van der Waals surface area contributed by atoms with Crippen molar-refractivity contribution in [3.05, 3.63) is 29.8 Å². The van der Waals surface area contributed by atoms with Gasteiger partial charge in [0.15, 0.2) is 0 Å². The highest BCUT2D eigenvalue weighted by Crippen LogP contribution is 2.28. The zero-order valence-electron chi connectivity index (χ0n) is 14.1. The minimum Gasteiger partial charge on any atom is -0.342 e. The van der Waals surface area contributed by atoms with Crippen LogP contribution in [0.15, 0.2) is 24.3 Å². The van der Waals surface area contributed by atoms with Gasteiger partial charge in [-0.25, -0.2) is 0 Å². The molecule has 2 fully saturated rings. The first-order chi connectivity index (χ1) is 11.1. The van der Waals surface area contributed by atoms with Crippen LogP contribution in [-0.2, 0) is 16.0 Å². The molecule has 2 aliphatic heterocycles. The van der Waals surface area contributed by atoms with Crippen LogP contribution < -0.4 is 4.90 Å². The van der Waals surface area contributed by atoms with Gasteiger partial charge >= 0.3 is 0 Å². The van der Waals surface area contributed by atoms with Gasteiger partial charge in [-0.2, -0.15) is 0 Å². The molecule has 4 heteroatoms. The van der Waals surface area contributed by atoms with Gasteiger partial charge < -0.3 is 9.80 Å². The molecular weight excluding hydrogens is 288 g/mol. The Kier molecular flexibility index (Phi) is 4.69. The number of piperidine rings is 1. The van der Waals surface area contributed by atoms with Gasteiger partial charge in [-0.3, -0.25) is 9.59 Å². The first-order valence-corrected chi connectivity index (χ1v) is 8.76. The minimum atomic E-state index is -0.179. The van der Waals surface area contributed by atoms with Gasteiger partial charge in [-0.15, -0.1) is 0 Å². The SMILES string of the molecule is CCc1ccc(N2C[C@H](C(=O)N3CCC(C)CC3)CC2=O)cc1. The summed E-state index contributed by atoms with van der Waals surface area (Å²) < 4.78 is 0. The maximum Gasteiger partial charge on any atom is 0.228 e. The second-order valence-electron chi connectivity index (χ2n) is 6.93. The third-order valence-corrected chi connectivity index (χ3v) is 5.23. The highest BCUT2D eigenvalue weighted by molar-refractivity contribution is 6.00. The van der Waals surface area contributed by atoms with Crippen molar-refractivity contribution in [3.8, 4) is 0 Å². The molecule has 2 saturated heterocycles. The average Bonchev–Trinajstić information content (AvgIpc) is 2.97. The minimum absolute atomic E-state index is 0.0676. The third kappa shape index (κ3) is 3.41. The summed E-state index contributed by atoms with van der Waals surface area (Å²) in [5.74, 6) is 0.760. The number of hydrogen-bond acceptors (Lipinski definition) is 2. The number of anilines is 1. The Balaban J connectivity index is 1.65. The van der Waals surface area contributed by atoms with Crippen molar-refractivity contribution in [1.82, 2.24) is 4.90 Å². The molecule has 0 N–H and O–H groups in total. The van der Waals surface area contributed by atoms with Crippen LogP contribution in [-0.4, -0.2) is 36.3 Å². The van der Waals surface area contributed by atoms with Crippen LogP contribution in [0.4, 0.5) is 5.69 Å². The van der Waals surface area contributed by atoms with Crippen molar-refractivity contribution in [3.63, 3.8) is 0 Å². The molecule has 2 heterocycles. The molecule has 0 bridgehead atoms. The van der Waals surface area contributed by atoms with Gasteiger partial charge in [0.05, 0.1) is 5.92 Å². The molecule has 1 atom stereocenters. The summed E-state index contributed by atoms with van der Waals surface area (Å²) in [5, 5.41) is 0. The van der Waals surface area contributed by atoms with E-state index in [9.17, 15) is 9.59 Å². The topological polar surface area (TPSA) is 40.6 Å². The van der Waals surface area contributed by atoms with E-state index in [4.69, 9.17) is 0 Å². The van der Waals surface area contributed by atoms with Crippen molar-refractivity contribution in [1.29, 1.82) is 0 Å². The normalized spacial score (nSPS) is 22.7. The number of hydrogen-bond donors (Lipinski definition) is 0. The van der Waals surface area contributed by atoms with Crippen LogP contribution in [0.3, 0.4) is 0 Å². The number of carbonyl (C=O) groups excluding carboxylic acids is 2. The predicted molar refractivity (Wildman–Crippen MR) is 91.3 cm³/mol. The molecule has 4 nitrogen and oxygen atoms in total.